The zero-order valence-corrected chi connectivity index (χ0v) is 18.6. The molecule has 1 aliphatic heterocycles. The summed E-state index contributed by atoms with van der Waals surface area (Å²) in [6.07, 6.45) is -6.11. The monoisotopic (exact) mass is 483 g/mol. The highest BCUT2D eigenvalue weighted by Crippen LogP contribution is 2.33. The summed E-state index contributed by atoms with van der Waals surface area (Å²) in [5.41, 5.74) is -2.30. The van der Waals surface area contributed by atoms with Crippen LogP contribution in [0, 0.1) is 17.2 Å². The summed E-state index contributed by atoms with van der Waals surface area (Å²) in [5, 5.41) is 9.54. The van der Waals surface area contributed by atoms with Crippen molar-refractivity contribution >= 4 is 17.7 Å². The van der Waals surface area contributed by atoms with Crippen LogP contribution in [0.3, 0.4) is 0 Å². The van der Waals surface area contributed by atoms with Gasteiger partial charge in [-0.15, -0.1) is 0 Å². The van der Waals surface area contributed by atoms with Crippen molar-refractivity contribution < 1.29 is 26.7 Å². The number of carbonyl (C=O) groups excluding carboxylic acids is 1. The molecule has 1 aromatic carbocycles. The van der Waals surface area contributed by atoms with E-state index in [1.54, 1.807) is 0 Å². The summed E-state index contributed by atoms with van der Waals surface area (Å²) < 4.78 is 66.2. The Hall–Kier alpha value is -2.67. The highest BCUT2D eigenvalue weighted by Gasteiger charge is 2.31. The van der Waals surface area contributed by atoms with E-state index >= 15 is 0 Å². The van der Waals surface area contributed by atoms with Crippen LogP contribution in [-0.2, 0) is 6.18 Å². The largest absolute Gasteiger partial charge is 0.416 e. The number of halogens is 5. The van der Waals surface area contributed by atoms with Crippen LogP contribution in [0.25, 0.3) is 11.3 Å². The van der Waals surface area contributed by atoms with Crippen molar-refractivity contribution in [1.29, 1.82) is 5.26 Å². The number of pyridine rings is 1. The maximum atomic E-state index is 13.8. The van der Waals surface area contributed by atoms with Crippen LogP contribution in [0.5, 0.6) is 0 Å². The fraction of sp³-hybridized carbons (Fsp3) is 0.435. The van der Waals surface area contributed by atoms with E-state index < -0.39 is 29.8 Å². The van der Waals surface area contributed by atoms with Gasteiger partial charge in [-0.1, -0.05) is 19.1 Å². The van der Waals surface area contributed by atoms with E-state index in [1.807, 2.05) is 17.8 Å². The minimum absolute atomic E-state index is 0.0784. The molecule has 1 amide bonds. The number of likely N-dealkylation sites (tertiary alicyclic amines) is 1. The highest BCUT2D eigenvalue weighted by atomic mass is 32.2. The second-order valence-corrected chi connectivity index (χ2v) is 9.02. The maximum absolute atomic E-state index is 13.8. The zero-order chi connectivity index (χ0) is 24.2. The quantitative estimate of drug-likeness (QED) is 0.461. The summed E-state index contributed by atoms with van der Waals surface area (Å²) in [4.78, 5) is 18.4. The molecular formula is C23H22F5N3OS. The van der Waals surface area contributed by atoms with Gasteiger partial charge in [0.25, 0.3) is 12.3 Å². The molecule has 0 N–H and O–H groups in total. The molecule has 0 saturated carbocycles. The average molecular weight is 484 g/mol. The van der Waals surface area contributed by atoms with Crippen molar-refractivity contribution in [2.45, 2.75) is 32.4 Å². The van der Waals surface area contributed by atoms with Crippen LogP contribution in [0.15, 0.2) is 30.3 Å². The first-order chi connectivity index (χ1) is 15.7. The van der Waals surface area contributed by atoms with Crippen LogP contribution in [0.2, 0.25) is 0 Å². The standard InChI is InChI=1S/C23H22F5N3OS/c1-2-33-13-14-7-9-31(10-8-14)22(32)18-11-16(12-29)19(30-20(18)21(24)25)15-3-5-17(6-4-15)23(26,27)28/h3-6,11,14,21H,2,7-10,13H2,1H3. The normalized spacial score (nSPS) is 15.0. The third kappa shape index (κ3) is 5.82. The number of nitriles is 1. The SMILES string of the molecule is CCSCC1CCN(C(=O)c2cc(C#N)c(-c3ccc(C(F)(F)F)cc3)nc2C(F)F)CC1. The van der Waals surface area contributed by atoms with Crippen molar-refractivity contribution in [2.24, 2.45) is 5.92 Å². The summed E-state index contributed by atoms with van der Waals surface area (Å²) in [6, 6.07) is 6.63. The summed E-state index contributed by atoms with van der Waals surface area (Å²) >= 11 is 1.82. The average Bonchev–Trinajstić information content (AvgIpc) is 2.81. The lowest BCUT2D eigenvalue weighted by molar-refractivity contribution is -0.137. The number of nitrogens with zero attached hydrogens (tertiary/aromatic N) is 3. The molecule has 0 aliphatic carbocycles. The number of piperidine rings is 1. The van der Waals surface area contributed by atoms with Gasteiger partial charge in [0.2, 0.25) is 0 Å². The van der Waals surface area contributed by atoms with Crippen LogP contribution in [0.4, 0.5) is 22.0 Å². The smallest absolute Gasteiger partial charge is 0.339 e. The number of amides is 1. The molecule has 33 heavy (non-hydrogen) atoms. The number of carbonyl (C=O) groups is 1. The van der Waals surface area contributed by atoms with Crippen molar-refractivity contribution in [3.8, 4) is 17.3 Å². The molecule has 1 fully saturated rings. The van der Waals surface area contributed by atoms with Crippen LogP contribution < -0.4 is 0 Å². The molecular weight excluding hydrogens is 461 g/mol. The van der Waals surface area contributed by atoms with Gasteiger partial charge in [-0.3, -0.25) is 4.79 Å². The Morgan fingerprint density at radius 2 is 1.88 bits per heavy atom. The third-order valence-electron chi connectivity index (χ3n) is 5.55. The molecule has 2 heterocycles. The first kappa shape index (κ1) is 25.0. The van der Waals surface area contributed by atoms with Crippen LogP contribution in [0.1, 0.15) is 53.4 Å². The third-order valence-corrected chi connectivity index (χ3v) is 6.67. The van der Waals surface area contributed by atoms with Gasteiger partial charge < -0.3 is 4.90 Å². The summed E-state index contributed by atoms with van der Waals surface area (Å²) in [6.45, 7) is 2.93. The first-order valence-electron chi connectivity index (χ1n) is 10.4. The topological polar surface area (TPSA) is 57.0 Å². The highest BCUT2D eigenvalue weighted by molar-refractivity contribution is 7.99. The number of alkyl halides is 5. The lowest BCUT2D eigenvalue weighted by Gasteiger charge is -2.32. The molecule has 0 radical (unpaired) electrons. The van der Waals surface area contributed by atoms with Crippen molar-refractivity contribution in [3.63, 3.8) is 0 Å². The van der Waals surface area contributed by atoms with Crippen LogP contribution >= 0.6 is 11.8 Å². The number of hydrogen-bond donors (Lipinski definition) is 0. The number of benzene rings is 1. The van der Waals surface area contributed by atoms with E-state index in [4.69, 9.17) is 0 Å². The fourth-order valence-corrected chi connectivity index (χ4v) is 4.65. The Bertz CT molecular complexity index is 1030. The predicted octanol–water partition coefficient (Wildman–Crippen LogP) is 6.18. The molecule has 1 aliphatic rings. The van der Waals surface area contributed by atoms with E-state index in [1.165, 1.54) is 4.90 Å². The predicted molar refractivity (Wildman–Crippen MR) is 116 cm³/mol. The van der Waals surface area contributed by atoms with E-state index in [9.17, 15) is 32.0 Å². The Labute approximate surface area is 192 Å². The molecule has 1 aromatic heterocycles. The minimum Gasteiger partial charge on any atom is -0.339 e. The Morgan fingerprint density at radius 3 is 2.39 bits per heavy atom. The van der Waals surface area contributed by atoms with Gasteiger partial charge >= 0.3 is 6.18 Å². The van der Waals surface area contributed by atoms with Gasteiger partial charge in [-0.2, -0.15) is 30.2 Å². The van der Waals surface area contributed by atoms with E-state index in [0.29, 0.717) is 19.0 Å². The van der Waals surface area contributed by atoms with Crippen molar-refractivity contribution in [1.82, 2.24) is 9.88 Å². The number of thioether (sulfide) groups is 1. The van der Waals surface area contributed by atoms with E-state index in [0.717, 1.165) is 54.7 Å². The second-order valence-electron chi connectivity index (χ2n) is 7.70. The molecule has 0 unspecified atom stereocenters. The van der Waals surface area contributed by atoms with Gasteiger partial charge in [0.15, 0.2) is 0 Å². The van der Waals surface area contributed by atoms with Crippen molar-refractivity contribution in [3.05, 3.63) is 52.7 Å². The Morgan fingerprint density at radius 1 is 1.24 bits per heavy atom. The molecule has 176 valence electrons. The van der Waals surface area contributed by atoms with Gasteiger partial charge in [0.05, 0.1) is 22.4 Å². The van der Waals surface area contributed by atoms with Gasteiger partial charge in [-0.05, 0) is 48.5 Å². The molecule has 10 heteroatoms. The van der Waals surface area contributed by atoms with Gasteiger partial charge in [0.1, 0.15) is 11.8 Å². The van der Waals surface area contributed by atoms with Gasteiger partial charge in [-0.25, -0.2) is 13.8 Å². The Balaban J connectivity index is 1.91. The summed E-state index contributed by atoms with van der Waals surface area (Å²) in [7, 11) is 0. The molecule has 0 bridgehead atoms. The molecule has 1 saturated heterocycles. The molecule has 3 rings (SSSR count). The van der Waals surface area contributed by atoms with E-state index in [-0.39, 0.29) is 22.4 Å². The van der Waals surface area contributed by atoms with Gasteiger partial charge in [0, 0.05) is 18.7 Å². The maximum Gasteiger partial charge on any atom is 0.416 e. The van der Waals surface area contributed by atoms with Crippen molar-refractivity contribution in [2.75, 3.05) is 24.6 Å². The van der Waals surface area contributed by atoms with E-state index in [2.05, 4.69) is 11.9 Å². The number of hydrogen-bond acceptors (Lipinski definition) is 4. The molecule has 4 nitrogen and oxygen atoms in total. The number of aromatic nitrogens is 1. The molecule has 0 spiro atoms. The zero-order valence-electron chi connectivity index (χ0n) is 17.8. The fourth-order valence-electron chi connectivity index (χ4n) is 3.75. The lowest BCUT2D eigenvalue weighted by atomic mass is 9.97. The number of rotatable bonds is 6. The Kier molecular flexibility index (Phi) is 7.95. The van der Waals surface area contributed by atoms with Crippen LogP contribution in [-0.4, -0.2) is 40.4 Å². The minimum atomic E-state index is -4.56. The first-order valence-corrected chi connectivity index (χ1v) is 11.6. The molecule has 0 atom stereocenters. The second kappa shape index (κ2) is 10.5. The summed E-state index contributed by atoms with van der Waals surface area (Å²) in [5.74, 6) is 1.84. The molecule has 2 aromatic rings. The lowest BCUT2D eigenvalue weighted by Crippen LogP contribution is -2.39.